The molecule has 1 aliphatic heterocycles. The number of ether oxygens (including phenoxy) is 1. The Balaban J connectivity index is 1.79. The summed E-state index contributed by atoms with van der Waals surface area (Å²) in [6, 6.07) is 19.2. The quantitative estimate of drug-likeness (QED) is 0.436. The van der Waals surface area contributed by atoms with E-state index >= 15 is 0 Å². The lowest BCUT2D eigenvalue weighted by molar-refractivity contribution is 0.0597. The summed E-state index contributed by atoms with van der Waals surface area (Å²) >= 11 is 0. The van der Waals surface area contributed by atoms with Crippen LogP contribution in [0.2, 0.25) is 0 Å². The normalized spacial score (nSPS) is 16.7. The van der Waals surface area contributed by atoms with Gasteiger partial charge in [0.05, 0.1) is 16.6 Å². The molecular weight excluding hydrogens is 462 g/mol. The van der Waals surface area contributed by atoms with Crippen LogP contribution < -0.4 is 4.90 Å². The number of sulfonamides is 1. The summed E-state index contributed by atoms with van der Waals surface area (Å²) in [5, 5.41) is 0. The molecule has 3 aromatic rings. The van der Waals surface area contributed by atoms with E-state index in [1.165, 1.54) is 9.21 Å². The molecule has 4 rings (SSSR count). The highest BCUT2D eigenvalue weighted by Gasteiger charge is 2.39. The molecule has 1 fully saturated rings. The molecule has 1 amide bonds. The zero-order valence-corrected chi connectivity index (χ0v) is 21.3. The molecule has 0 radical (unpaired) electrons. The Bertz CT molecular complexity index is 1290. The third-order valence-corrected chi connectivity index (χ3v) is 7.73. The lowest BCUT2D eigenvalue weighted by atomic mass is 10.1. The number of nitrogens with zero attached hydrogens (tertiary/aromatic N) is 3. The van der Waals surface area contributed by atoms with E-state index in [1.54, 1.807) is 69.4 Å². The number of pyridine rings is 1. The van der Waals surface area contributed by atoms with E-state index in [4.69, 9.17) is 4.74 Å². The molecule has 1 aromatic heterocycles. The number of benzene rings is 2. The third-order valence-electron chi connectivity index (χ3n) is 5.81. The third kappa shape index (κ3) is 5.39. The van der Waals surface area contributed by atoms with E-state index in [0.29, 0.717) is 36.5 Å². The highest BCUT2D eigenvalue weighted by molar-refractivity contribution is 7.89. The minimum atomic E-state index is -3.74. The van der Waals surface area contributed by atoms with E-state index in [2.05, 4.69) is 4.98 Å². The molecule has 2 heterocycles. The predicted molar refractivity (Wildman–Crippen MR) is 136 cm³/mol. The summed E-state index contributed by atoms with van der Waals surface area (Å²) < 4.78 is 34.4. The molecule has 1 saturated heterocycles. The first-order valence-corrected chi connectivity index (χ1v) is 13.1. The first kappa shape index (κ1) is 24.9. The smallest absolute Gasteiger partial charge is 0.420 e. The Morgan fingerprint density at radius 1 is 1.03 bits per heavy atom. The van der Waals surface area contributed by atoms with Crippen LogP contribution in [0.3, 0.4) is 0 Å². The molecule has 1 unspecified atom stereocenters. The number of hydrogen-bond donors (Lipinski definition) is 0. The van der Waals surface area contributed by atoms with Gasteiger partial charge < -0.3 is 4.74 Å². The SMILES string of the molecule is Cc1ccc(S(=O)(=O)N2CCCC2c2cccnc2N(C(=O)OC(C)(C)C)c2ccccc2)cc1. The van der Waals surface area contributed by atoms with Crippen LogP contribution in [0.4, 0.5) is 16.3 Å². The average molecular weight is 494 g/mol. The Labute approximate surface area is 207 Å². The highest BCUT2D eigenvalue weighted by atomic mass is 32.2. The number of hydrogen-bond acceptors (Lipinski definition) is 5. The topological polar surface area (TPSA) is 79.8 Å². The van der Waals surface area contributed by atoms with Crippen LogP contribution in [0.1, 0.15) is 50.8 Å². The number of para-hydroxylation sites is 1. The number of aryl methyl sites for hydroxylation is 1. The van der Waals surface area contributed by atoms with Gasteiger partial charge in [-0.3, -0.25) is 0 Å². The fraction of sp³-hybridized carbons (Fsp3) is 0.333. The summed E-state index contributed by atoms with van der Waals surface area (Å²) in [5.41, 5.74) is 1.53. The lowest BCUT2D eigenvalue weighted by Crippen LogP contribution is -2.36. The van der Waals surface area contributed by atoms with E-state index in [1.807, 2.05) is 31.2 Å². The van der Waals surface area contributed by atoms with Crippen LogP contribution in [-0.4, -0.2) is 35.9 Å². The summed E-state index contributed by atoms with van der Waals surface area (Å²) in [5.74, 6) is 0.365. The largest absolute Gasteiger partial charge is 0.443 e. The fourth-order valence-electron chi connectivity index (χ4n) is 4.24. The molecule has 0 spiro atoms. The number of anilines is 2. The van der Waals surface area contributed by atoms with Gasteiger partial charge in [0.15, 0.2) is 0 Å². The molecule has 0 bridgehead atoms. The van der Waals surface area contributed by atoms with Gasteiger partial charge in [0.25, 0.3) is 0 Å². The number of aromatic nitrogens is 1. The van der Waals surface area contributed by atoms with Gasteiger partial charge in [-0.25, -0.2) is 23.1 Å². The van der Waals surface area contributed by atoms with Crippen molar-refractivity contribution < 1.29 is 17.9 Å². The second-order valence-corrected chi connectivity index (χ2v) is 11.5. The van der Waals surface area contributed by atoms with Crippen LogP contribution in [0, 0.1) is 6.92 Å². The first-order chi connectivity index (χ1) is 16.6. The van der Waals surface area contributed by atoms with E-state index < -0.39 is 27.8 Å². The minimum absolute atomic E-state index is 0.257. The van der Waals surface area contributed by atoms with Crippen molar-refractivity contribution in [3.8, 4) is 0 Å². The zero-order chi connectivity index (χ0) is 25.2. The van der Waals surface area contributed by atoms with Crippen molar-refractivity contribution in [2.24, 2.45) is 0 Å². The second kappa shape index (κ2) is 9.79. The van der Waals surface area contributed by atoms with Crippen molar-refractivity contribution in [3.05, 3.63) is 84.1 Å². The fourth-order valence-corrected chi connectivity index (χ4v) is 5.91. The molecule has 0 aliphatic carbocycles. The van der Waals surface area contributed by atoms with Crippen molar-refractivity contribution in [1.29, 1.82) is 0 Å². The first-order valence-electron chi connectivity index (χ1n) is 11.7. The van der Waals surface area contributed by atoms with Gasteiger partial charge in [-0.15, -0.1) is 0 Å². The molecule has 35 heavy (non-hydrogen) atoms. The summed E-state index contributed by atoms with van der Waals surface area (Å²) in [6.45, 7) is 7.74. The van der Waals surface area contributed by atoms with Gasteiger partial charge in [-0.1, -0.05) is 42.0 Å². The minimum Gasteiger partial charge on any atom is -0.443 e. The average Bonchev–Trinajstić information content (AvgIpc) is 3.30. The molecule has 2 aromatic carbocycles. The summed E-state index contributed by atoms with van der Waals surface area (Å²) in [7, 11) is -3.74. The number of amides is 1. The number of carbonyl (C=O) groups excluding carboxylic acids is 1. The predicted octanol–water partition coefficient (Wildman–Crippen LogP) is 5.99. The molecule has 7 nitrogen and oxygen atoms in total. The number of carbonyl (C=O) groups is 1. The molecule has 1 atom stereocenters. The molecule has 0 saturated carbocycles. The van der Waals surface area contributed by atoms with Gasteiger partial charge in [0.1, 0.15) is 11.4 Å². The van der Waals surface area contributed by atoms with E-state index in [0.717, 1.165) is 5.56 Å². The van der Waals surface area contributed by atoms with Crippen LogP contribution in [-0.2, 0) is 14.8 Å². The molecule has 8 heteroatoms. The van der Waals surface area contributed by atoms with Gasteiger partial charge in [-0.2, -0.15) is 4.31 Å². The van der Waals surface area contributed by atoms with Crippen molar-refractivity contribution in [2.45, 2.75) is 57.1 Å². The summed E-state index contributed by atoms with van der Waals surface area (Å²) in [4.78, 5) is 19.6. The Morgan fingerprint density at radius 3 is 2.37 bits per heavy atom. The van der Waals surface area contributed by atoms with Crippen molar-refractivity contribution in [1.82, 2.24) is 9.29 Å². The van der Waals surface area contributed by atoms with E-state index in [9.17, 15) is 13.2 Å². The monoisotopic (exact) mass is 493 g/mol. The second-order valence-electron chi connectivity index (χ2n) is 9.65. The molecular formula is C27H31N3O4S. The Morgan fingerprint density at radius 2 is 1.71 bits per heavy atom. The Hall–Kier alpha value is -3.23. The van der Waals surface area contributed by atoms with Gasteiger partial charge in [-0.05, 0) is 70.9 Å². The van der Waals surface area contributed by atoms with Crippen molar-refractivity contribution in [3.63, 3.8) is 0 Å². The maximum absolute atomic E-state index is 13.6. The van der Waals surface area contributed by atoms with Crippen LogP contribution in [0.15, 0.2) is 77.8 Å². The zero-order valence-electron chi connectivity index (χ0n) is 20.5. The van der Waals surface area contributed by atoms with E-state index in [-0.39, 0.29) is 4.90 Å². The van der Waals surface area contributed by atoms with Crippen LogP contribution in [0.25, 0.3) is 0 Å². The standard InChI is InChI=1S/C27H31N3O4S/c1-20-14-16-22(17-15-20)35(32,33)29-19-9-13-24(29)23-12-8-18-28-25(23)30(21-10-6-5-7-11-21)26(31)34-27(2,3)4/h5-8,10-12,14-18,24H,9,13,19H2,1-4H3. The van der Waals surface area contributed by atoms with Crippen molar-refractivity contribution in [2.75, 3.05) is 11.4 Å². The van der Waals surface area contributed by atoms with Crippen molar-refractivity contribution >= 4 is 27.6 Å². The molecule has 1 aliphatic rings. The lowest BCUT2D eigenvalue weighted by Gasteiger charge is -2.31. The van der Waals surface area contributed by atoms with Gasteiger partial charge >= 0.3 is 6.09 Å². The van der Waals surface area contributed by atoms with Crippen LogP contribution in [0.5, 0.6) is 0 Å². The van der Waals surface area contributed by atoms with Gasteiger partial charge in [0, 0.05) is 18.3 Å². The van der Waals surface area contributed by atoms with Crippen LogP contribution >= 0.6 is 0 Å². The maximum Gasteiger partial charge on any atom is 0.420 e. The Kier molecular flexibility index (Phi) is 6.96. The molecule has 0 N–H and O–H groups in total. The summed E-state index contributed by atoms with van der Waals surface area (Å²) in [6.07, 6.45) is 2.37. The maximum atomic E-state index is 13.6. The highest BCUT2D eigenvalue weighted by Crippen LogP contribution is 2.41. The van der Waals surface area contributed by atoms with Gasteiger partial charge in [0.2, 0.25) is 10.0 Å². The number of rotatable bonds is 5. The molecule has 184 valence electrons.